The molecule has 4 nitrogen and oxygen atoms in total. The SMILES string of the molecule is C=CC(=O)OC[N+](C)(C)CC(O)CCCC.[Br-]. The quantitative estimate of drug-likeness (QED) is 0.252. The molecule has 0 aliphatic heterocycles. The highest BCUT2D eigenvalue weighted by molar-refractivity contribution is 5.81. The zero-order chi connectivity index (χ0) is 12.6. The Balaban J connectivity index is 0. The average Bonchev–Trinajstić information content (AvgIpc) is 2.22. The molecule has 0 fully saturated rings. The Morgan fingerprint density at radius 1 is 1.53 bits per heavy atom. The van der Waals surface area contributed by atoms with Crippen LogP contribution in [0.1, 0.15) is 26.2 Å². The van der Waals surface area contributed by atoms with Crippen LogP contribution in [0.3, 0.4) is 0 Å². The fourth-order valence-electron chi connectivity index (χ4n) is 1.45. The number of aliphatic hydroxyl groups is 1. The first kappa shape index (κ1) is 19.0. The molecular formula is C12H24BrNO3. The molecule has 0 amide bonds. The highest BCUT2D eigenvalue weighted by Gasteiger charge is 2.21. The van der Waals surface area contributed by atoms with Crippen molar-refractivity contribution in [1.82, 2.24) is 0 Å². The molecule has 0 aliphatic carbocycles. The lowest BCUT2D eigenvalue weighted by Crippen LogP contribution is -3.00. The molecule has 0 radical (unpaired) electrons. The van der Waals surface area contributed by atoms with Gasteiger partial charge >= 0.3 is 5.97 Å². The molecule has 0 rings (SSSR count). The molecule has 1 N–H and O–H groups in total. The van der Waals surface area contributed by atoms with Gasteiger partial charge in [0, 0.05) is 6.08 Å². The molecule has 5 heteroatoms. The molecule has 1 atom stereocenters. The Bertz CT molecular complexity index is 232. The number of nitrogens with zero attached hydrogens (tertiary/aromatic N) is 1. The van der Waals surface area contributed by atoms with Crippen molar-refractivity contribution >= 4 is 5.97 Å². The van der Waals surface area contributed by atoms with Crippen molar-refractivity contribution in [3.63, 3.8) is 0 Å². The zero-order valence-corrected chi connectivity index (χ0v) is 12.6. The Kier molecular flexibility index (Phi) is 10.7. The third-order valence-electron chi connectivity index (χ3n) is 2.32. The fraction of sp³-hybridized carbons (Fsp3) is 0.750. The van der Waals surface area contributed by atoms with Crippen LogP contribution in [0.15, 0.2) is 12.7 Å². The molecule has 1 unspecified atom stereocenters. The molecule has 0 saturated carbocycles. The van der Waals surface area contributed by atoms with Crippen LogP contribution in [0.2, 0.25) is 0 Å². The van der Waals surface area contributed by atoms with Crippen LogP contribution >= 0.6 is 0 Å². The van der Waals surface area contributed by atoms with Crippen molar-refractivity contribution in [1.29, 1.82) is 0 Å². The minimum Gasteiger partial charge on any atom is -1.00 e. The van der Waals surface area contributed by atoms with Crippen LogP contribution in [0.5, 0.6) is 0 Å². The van der Waals surface area contributed by atoms with Gasteiger partial charge in [-0.15, -0.1) is 0 Å². The van der Waals surface area contributed by atoms with Gasteiger partial charge in [0.05, 0.1) is 14.1 Å². The van der Waals surface area contributed by atoms with Crippen molar-refractivity contribution in [2.75, 3.05) is 27.4 Å². The lowest BCUT2D eigenvalue weighted by Gasteiger charge is -2.30. The zero-order valence-electron chi connectivity index (χ0n) is 11.0. The van der Waals surface area contributed by atoms with E-state index in [2.05, 4.69) is 13.5 Å². The number of unbranched alkanes of at least 4 members (excludes halogenated alkanes) is 1. The molecule has 0 aromatic carbocycles. The number of carbonyl (C=O) groups is 1. The number of carbonyl (C=O) groups excluding carboxylic acids is 1. The van der Waals surface area contributed by atoms with Gasteiger partial charge in [0.25, 0.3) is 0 Å². The Hall–Kier alpha value is -0.390. The molecular weight excluding hydrogens is 286 g/mol. The summed E-state index contributed by atoms with van der Waals surface area (Å²) in [5.74, 6) is -0.422. The second-order valence-electron chi connectivity index (χ2n) is 4.71. The maximum Gasteiger partial charge on any atom is 0.334 e. The van der Waals surface area contributed by atoms with Crippen LogP contribution in [-0.4, -0.2) is 49.0 Å². The van der Waals surface area contributed by atoms with Crippen molar-refractivity contribution in [2.45, 2.75) is 32.3 Å². The van der Waals surface area contributed by atoms with E-state index in [1.807, 2.05) is 14.1 Å². The number of halogens is 1. The van der Waals surface area contributed by atoms with E-state index in [4.69, 9.17) is 4.74 Å². The third kappa shape index (κ3) is 10.5. The molecule has 0 aliphatic rings. The maximum atomic E-state index is 10.9. The monoisotopic (exact) mass is 309 g/mol. The number of esters is 1. The second kappa shape index (κ2) is 9.62. The number of aliphatic hydroxyl groups excluding tert-OH is 1. The number of hydrogen-bond acceptors (Lipinski definition) is 3. The van der Waals surface area contributed by atoms with Gasteiger partial charge in [-0.3, -0.25) is 4.48 Å². The third-order valence-corrected chi connectivity index (χ3v) is 2.32. The largest absolute Gasteiger partial charge is 1.00 e. The summed E-state index contributed by atoms with van der Waals surface area (Å²) >= 11 is 0. The summed E-state index contributed by atoms with van der Waals surface area (Å²) in [5.41, 5.74) is 0. The average molecular weight is 310 g/mol. The summed E-state index contributed by atoms with van der Waals surface area (Å²) in [6.45, 7) is 6.27. The van der Waals surface area contributed by atoms with E-state index in [9.17, 15) is 9.90 Å². The van der Waals surface area contributed by atoms with Crippen molar-refractivity contribution in [2.24, 2.45) is 0 Å². The van der Waals surface area contributed by atoms with Crippen LogP contribution in [0.25, 0.3) is 0 Å². The van der Waals surface area contributed by atoms with Gasteiger partial charge in [0.15, 0.2) is 0 Å². The summed E-state index contributed by atoms with van der Waals surface area (Å²) in [7, 11) is 3.84. The van der Waals surface area contributed by atoms with Gasteiger partial charge in [0.2, 0.25) is 6.73 Å². The first-order valence-electron chi connectivity index (χ1n) is 5.70. The summed E-state index contributed by atoms with van der Waals surface area (Å²) in [5, 5.41) is 9.76. The number of likely N-dealkylation sites (N-methyl/N-ethyl adjacent to an activating group) is 1. The predicted octanol–water partition coefficient (Wildman–Crippen LogP) is -1.70. The van der Waals surface area contributed by atoms with E-state index in [0.29, 0.717) is 11.0 Å². The van der Waals surface area contributed by atoms with Gasteiger partial charge in [-0.25, -0.2) is 4.79 Å². The first-order valence-corrected chi connectivity index (χ1v) is 5.70. The molecule has 0 spiro atoms. The minimum atomic E-state index is -0.422. The maximum absolute atomic E-state index is 10.9. The van der Waals surface area contributed by atoms with E-state index in [1.165, 1.54) is 0 Å². The highest BCUT2D eigenvalue weighted by Crippen LogP contribution is 2.06. The van der Waals surface area contributed by atoms with E-state index in [1.54, 1.807) is 0 Å². The van der Waals surface area contributed by atoms with Gasteiger partial charge < -0.3 is 26.8 Å². The number of hydrogen-bond donors (Lipinski definition) is 1. The number of rotatable bonds is 8. The van der Waals surface area contributed by atoms with Gasteiger partial charge in [-0.05, 0) is 6.42 Å². The van der Waals surface area contributed by atoms with Crippen molar-refractivity contribution < 1.29 is 36.1 Å². The van der Waals surface area contributed by atoms with Crippen molar-refractivity contribution in [3.05, 3.63) is 12.7 Å². The van der Waals surface area contributed by atoms with E-state index >= 15 is 0 Å². The molecule has 0 aromatic heterocycles. The fourth-order valence-corrected chi connectivity index (χ4v) is 1.45. The summed E-state index contributed by atoms with van der Waals surface area (Å²) in [6.07, 6.45) is 3.71. The molecule has 0 heterocycles. The summed E-state index contributed by atoms with van der Waals surface area (Å²) in [4.78, 5) is 10.9. The second-order valence-corrected chi connectivity index (χ2v) is 4.71. The van der Waals surface area contributed by atoms with Crippen LogP contribution in [0, 0.1) is 0 Å². The minimum absolute atomic E-state index is 0. The molecule has 0 saturated heterocycles. The topological polar surface area (TPSA) is 46.5 Å². The lowest BCUT2D eigenvalue weighted by atomic mass is 10.1. The molecule has 102 valence electrons. The van der Waals surface area contributed by atoms with Crippen LogP contribution in [-0.2, 0) is 9.53 Å². The summed E-state index contributed by atoms with van der Waals surface area (Å²) in [6, 6.07) is 0. The van der Waals surface area contributed by atoms with Gasteiger partial charge in [-0.1, -0.05) is 26.3 Å². The standard InChI is InChI=1S/C12H24NO3.BrH/c1-5-7-8-11(14)9-13(3,4)10-16-12(15)6-2;/h6,11,14H,2,5,7-10H2,1,3-4H3;1H/q+1;/p-1. The number of ether oxygens (including phenoxy) is 1. The van der Waals surface area contributed by atoms with E-state index < -0.39 is 5.97 Å². The lowest BCUT2D eigenvalue weighted by molar-refractivity contribution is -0.910. The number of quaternary nitrogens is 1. The highest BCUT2D eigenvalue weighted by atomic mass is 79.9. The van der Waals surface area contributed by atoms with Crippen molar-refractivity contribution in [3.8, 4) is 0 Å². The summed E-state index contributed by atoms with van der Waals surface area (Å²) < 4.78 is 5.43. The Morgan fingerprint density at radius 3 is 2.59 bits per heavy atom. The molecule has 17 heavy (non-hydrogen) atoms. The van der Waals surface area contributed by atoms with E-state index in [0.717, 1.165) is 25.3 Å². The van der Waals surface area contributed by atoms with Gasteiger partial charge in [0.1, 0.15) is 12.6 Å². The van der Waals surface area contributed by atoms with E-state index in [-0.39, 0.29) is 29.8 Å². The Labute approximate surface area is 115 Å². The molecule has 0 bridgehead atoms. The van der Waals surface area contributed by atoms with Crippen LogP contribution < -0.4 is 17.0 Å². The predicted molar refractivity (Wildman–Crippen MR) is 63.7 cm³/mol. The first-order chi connectivity index (χ1) is 7.41. The van der Waals surface area contributed by atoms with Crippen LogP contribution in [0.4, 0.5) is 0 Å². The normalized spacial score (nSPS) is 12.5. The van der Waals surface area contributed by atoms with Gasteiger partial charge in [-0.2, -0.15) is 0 Å². The molecule has 0 aromatic rings. The smallest absolute Gasteiger partial charge is 0.334 e. The Morgan fingerprint density at radius 2 is 2.12 bits per heavy atom.